The number of nitrogens with zero attached hydrogens (tertiary/aromatic N) is 2. The van der Waals surface area contributed by atoms with Crippen molar-refractivity contribution in [3.05, 3.63) is 0 Å². The van der Waals surface area contributed by atoms with Crippen LogP contribution in [0, 0.1) is 0 Å². The van der Waals surface area contributed by atoms with Crippen LogP contribution in [0.1, 0.15) is 26.2 Å². The van der Waals surface area contributed by atoms with Crippen LogP contribution < -0.4 is 0 Å². The summed E-state index contributed by atoms with van der Waals surface area (Å²) < 4.78 is 0. The van der Waals surface area contributed by atoms with Crippen molar-refractivity contribution in [1.82, 2.24) is 4.90 Å². The summed E-state index contributed by atoms with van der Waals surface area (Å²) in [6.07, 6.45) is 4.82. The molecule has 0 amide bonds. The summed E-state index contributed by atoms with van der Waals surface area (Å²) in [5.41, 5.74) is 0.0142. The standard InChI is InChI=1S/C9H16Cl2N2/c1-2-3-8(10)6-9(11)13-5-4-12-7-13/h7-9H,2-6H2,1H3. The molecule has 0 radical (unpaired) electrons. The molecule has 2 nitrogen and oxygen atoms in total. The number of aliphatic imine (C=N–C) groups is 1. The average Bonchev–Trinajstić information content (AvgIpc) is 2.55. The van der Waals surface area contributed by atoms with Gasteiger partial charge in [-0.05, 0) is 12.8 Å². The summed E-state index contributed by atoms with van der Waals surface area (Å²) >= 11 is 12.3. The van der Waals surface area contributed by atoms with Crippen LogP contribution in [-0.4, -0.2) is 35.2 Å². The first-order chi connectivity index (χ1) is 6.24. The van der Waals surface area contributed by atoms with Crippen molar-refractivity contribution < 1.29 is 0 Å². The molecular weight excluding hydrogens is 207 g/mol. The van der Waals surface area contributed by atoms with Crippen LogP contribution in [0.25, 0.3) is 0 Å². The third-order valence-corrected chi connectivity index (χ3v) is 2.95. The predicted octanol–water partition coefficient (Wildman–Crippen LogP) is 2.69. The Hall–Kier alpha value is 0.0500. The molecule has 0 aromatic carbocycles. The molecule has 0 saturated carbocycles. The Morgan fingerprint density at radius 3 is 2.85 bits per heavy atom. The highest BCUT2D eigenvalue weighted by atomic mass is 35.5. The molecule has 0 bridgehead atoms. The number of hydrogen-bond acceptors (Lipinski definition) is 2. The number of halogens is 2. The predicted molar refractivity (Wildman–Crippen MR) is 58.9 cm³/mol. The number of rotatable bonds is 5. The topological polar surface area (TPSA) is 15.6 Å². The summed E-state index contributed by atoms with van der Waals surface area (Å²) in [5.74, 6) is 0. The Morgan fingerprint density at radius 1 is 1.54 bits per heavy atom. The highest BCUT2D eigenvalue weighted by molar-refractivity contribution is 6.23. The van der Waals surface area contributed by atoms with Gasteiger partial charge in [0, 0.05) is 11.9 Å². The van der Waals surface area contributed by atoms with Gasteiger partial charge in [0.15, 0.2) is 0 Å². The molecule has 0 aromatic rings. The summed E-state index contributed by atoms with van der Waals surface area (Å²) in [6, 6.07) is 0. The van der Waals surface area contributed by atoms with Gasteiger partial charge in [-0.1, -0.05) is 24.9 Å². The zero-order valence-electron chi connectivity index (χ0n) is 7.92. The smallest absolute Gasteiger partial charge is 0.106 e. The molecule has 1 heterocycles. The molecule has 2 unspecified atom stereocenters. The van der Waals surface area contributed by atoms with Crippen LogP contribution in [0.2, 0.25) is 0 Å². The van der Waals surface area contributed by atoms with E-state index in [9.17, 15) is 0 Å². The Morgan fingerprint density at radius 2 is 2.31 bits per heavy atom. The minimum Gasteiger partial charge on any atom is -0.345 e. The molecule has 0 aromatic heterocycles. The lowest BCUT2D eigenvalue weighted by molar-refractivity contribution is 0.405. The van der Waals surface area contributed by atoms with Gasteiger partial charge >= 0.3 is 0 Å². The van der Waals surface area contributed by atoms with E-state index in [1.807, 2.05) is 11.2 Å². The van der Waals surface area contributed by atoms with Gasteiger partial charge in [0.1, 0.15) is 5.50 Å². The number of hydrogen-bond donors (Lipinski definition) is 0. The van der Waals surface area contributed by atoms with Gasteiger partial charge in [0.05, 0.1) is 12.9 Å². The third-order valence-electron chi connectivity index (χ3n) is 2.13. The van der Waals surface area contributed by atoms with Crippen molar-refractivity contribution in [3.63, 3.8) is 0 Å². The van der Waals surface area contributed by atoms with Crippen LogP contribution >= 0.6 is 23.2 Å². The fourth-order valence-electron chi connectivity index (χ4n) is 1.38. The van der Waals surface area contributed by atoms with E-state index in [0.29, 0.717) is 0 Å². The van der Waals surface area contributed by atoms with Crippen molar-refractivity contribution in [2.45, 2.75) is 37.1 Å². The van der Waals surface area contributed by atoms with Gasteiger partial charge in [0.2, 0.25) is 0 Å². The molecule has 0 fully saturated rings. The Labute approximate surface area is 89.9 Å². The minimum absolute atomic E-state index is 0.0142. The molecule has 0 spiro atoms. The van der Waals surface area contributed by atoms with Gasteiger partial charge in [-0.15, -0.1) is 11.6 Å². The van der Waals surface area contributed by atoms with Crippen LogP contribution in [0.3, 0.4) is 0 Å². The lowest BCUT2D eigenvalue weighted by Gasteiger charge is -2.22. The van der Waals surface area contributed by atoms with Crippen LogP contribution in [0.4, 0.5) is 0 Å². The van der Waals surface area contributed by atoms with E-state index in [-0.39, 0.29) is 10.9 Å². The van der Waals surface area contributed by atoms with Crippen molar-refractivity contribution in [2.75, 3.05) is 13.1 Å². The first-order valence-corrected chi connectivity index (χ1v) is 5.65. The molecule has 1 aliphatic rings. The maximum atomic E-state index is 6.17. The first-order valence-electron chi connectivity index (χ1n) is 4.78. The van der Waals surface area contributed by atoms with Gasteiger partial charge in [-0.25, -0.2) is 0 Å². The lowest BCUT2D eigenvalue weighted by atomic mass is 10.2. The molecule has 2 atom stereocenters. The van der Waals surface area contributed by atoms with E-state index in [1.165, 1.54) is 0 Å². The van der Waals surface area contributed by atoms with E-state index in [2.05, 4.69) is 11.9 Å². The molecule has 76 valence electrons. The lowest BCUT2D eigenvalue weighted by Crippen LogP contribution is -2.30. The maximum Gasteiger partial charge on any atom is 0.106 e. The molecular formula is C9H16Cl2N2. The quantitative estimate of drug-likeness (QED) is 0.516. The minimum atomic E-state index is 0.0142. The van der Waals surface area contributed by atoms with Crippen LogP contribution in [0.5, 0.6) is 0 Å². The molecule has 13 heavy (non-hydrogen) atoms. The largest absolute Gasteiger partial charge is 0.345 e. The van der Waals surface area contributed by atoms with Gasteiger partial charge < -0.3 is 4.90 Å². The second-order valence-electron chi connectivity index (χ2n) is 3.32. The first kappa shape index (κ1) is 11.1. The van der Waals surface area contributed by atoms with E-state index < -0.39 is 0 Å². The van der Waals surface area contributed by atoms with Gasteiger partial charge in [0.25, 0.3) is 0 Å². The zero-order valence-corrected chi connectivity index (χ0v) is 9.43. The molecule has 4 heteroatoms. The van der Waals surface area contributed by atoms with E-state index in [4.69, 9.17) is 23.2 Å². The fourth-order valence-corrected chi connectivity index (χ4v) is 2.22. The molecule has 1 rings (SSSR count). The van der Waals surface area contributed by atoms with Crippen molar-refractivity contribution in [2.24, 2.45) is 4.99 Å². The van der Waals surface area contributed by atoms with Crippen molar-refractivity contribution in [3.8, 4) is 0 Å². The summed E-state index contributed by atoms with van der Waals surface area (Å²) in [5, 5.41) is 0.196. The Balaban J connectivity index is 2.23. The van der Waals surface area contributed by atoms with E-state index in [0.717, 1.165) is 32.4 Å². The SMILES string of the molecule is CCCC(Cl)CC(Cl)N1C=NCC1. The molecule has 0 N–H and O–H groups in total. The monoisotopic (exact) mass is 222 g/mol. The average molecular weight is 223 g/mol. The maximum absolute atomic E-state index is 6.17. The number of alkyl halides is 2. The summed E-state index contributed by atoms with van der Waals surface area (Å²) in [6.45, 7) is 3.93. The zero-order chi connectivity index (χ0) is 9.68. The second kappa shape index (κ2) is 5.71. The molecule has 1 aliphatic heterocycles. The van der Waals surface area contributed by atoms with E-state index >= 15 is 0 Å². The summed E-state index contributed by atoms with van der Waals surface area (Å²) in [7, 11) is 0. The fraction of sp³-hybridized carbons (Fsp3) is 0.889. The molecule has 0 aliphatic carbocycles. The van der Waals surface area contributed by atoms with Gasteiger partial charge in [-0.3, -0.25) is 4.99 Å². The van der Waals surface area contributed by atoms with Crippen LogP contribution in [-0.2, 0) is 0 Å². The second-order valence-corrected chi connectivity index (χ2v) is 4.44. The Kier molecular flexibility index (Phi) is 4.89. The highest BCUT2D eigenvalue weighted by Gasteiger charge is 2.18. The van der Waals surface area contributed by atoms with Gasteiger partial charge in [-0.2, -0.15) is 0 Å². The third kappa shape index (κ3) is 3.74. The normalized spacial score (nSPS) is 20.7. The van der Waals surface area contributed by atoms with Crippen molar-refractivity contribution in [1.29, 1.82) is 0 Å². The Bertz CT molecular complexity index is 173. The van der Waals surface area contributed by atoms with Crippen LogP contribution in [0.15, 0.2) is 4.99 Å². The molecule has 0 saturated heterocycles. The van der Waals surface area contributed by atoms with E-state index in [1.54, 1.807) is 0 Å². The summed E-state index contributed by atoms with van der Waals surface area (Å²) in [4.78, 5) is 6.16. The highest BCUT2D eigenvalue weighted by Crippen LogP contribution is 2.18. The van der Waals surface area contributed by atoms with Crippen molar-refractivity contribution >= 4 is 29.5 Å².